The molecule has 1 aromatic rings. The van der Waals surface area contributed by atoms with Gasteiger partial charge in [0.2, 0.25) is 0 Å². The van der Waals surface area contributed by atoms with Crippen molar-refractivity contribution in [2.45, 2.75) is 40.0 Å². The third-order valence-electron chi connectivity index (χ3n) is 3.12. The molecule has 0 N–H and O–H groups in total. The third kappa shape index (κ3) is 3.19. The molecule has 0 amide bonds. The molecule has 16 heavy (non-hydrogen) atoms. The molecular formula is C13H22N2O. The predicted molar refractivity (Wildman–Crippen MR) is 65.4 cm³/mol. The van der Waals surface area contributed by atoms with Gasteiger partial charge in [-0.25, -0.2) is 4.98 Å². The van der Waals surface area contributed by atoms with E-state index in [0.717, 1.165) is 12.8 Å². The van der Waals surface area contributed by atoms with Gasteiger partial charge in [0.15, 0.2) is 11.6 Å². The standard InChI is InChI=1S/C13H22N2O/c1-5-6-11(10(2)3)9-12(16)13-14-7-8-15(13)4/h7-8,10-11H,5-6,9H2,1-4H3. The Kier molecular flexibility index (Phi) is 4.71. The van der Waals surface area contributed by atoms with Crippen molar-refractivity contribution in [3.8, 4) is 0 Å². The van der Waals surface area contributed by atoms with Crippen LogP contribution in [0.5, 0.6) is 0 Å². The van der Waals surface area contributed by atoms with Crippen molar-refractivity contribution in [1.29, 1.82) is 0 Å². The number of nitrogens with zero attached hydrogens (tertiary/aromatic N) is 2. The minimum Gasteiger partial charge on any atom is -0.332 e. The van der Waals surface area contributed by atoms with Gasteiger partial charge in [-0.1, -0.05) is 33.6 Å². The number of rotatable bonds is 6. The fraction of sp³-hybridized carbons (Fsp3) is 0.692. The zero-order valence-corrected chi connectivity index (χ0v) is 10.7. The molecular weight excluding hydrogens is 200 g/mol. The zero-order chi connectivity index (χ0) is 12.1. The van der Waals surface area contributed by atoms with Gasteiger partial charge in [0, 0.05) is 25.9 Å². The van der Waals surface area contributed by atoms with E-state index in [1.165, 1.54) is 0 Å². The Bertz CT molecular complexity index is 341. The first-order valence-electron chi connectivity index (χ1n) is 6.06. The summed E-state index contributed by atoms with van der Waals surface area (Å²) in [4.78, 5) is 16.1. The van der Waals surface area contributed by atoms with E-state index in [2.05, 4.69) is 25.8 Å². The second-order valence-corrected chi connectivity index (χ2v) is 4.78. The number of aryl methyl sites for hydroxylation is 1. The van der Waals surface area contributed by atoms with Crippen LogP contribution < -0.4 is 0 Å². The van der Waals surface area contributed by atoms with Crippen LogP contribution >= 0.6 is 0 Å². The maximum Gasteiger partial charge on any atom is 0.198 e. The van der Waals surface area contributed by atoms with E-state index in [1.54, 1.807) is 10.8 Å². The summed E-state index contributed by atoms with van der Waals surface area (Å²) in [6, 6.07) is 0. The number of imidazole rings is 1. The largest absolute Gasteiger partial charge is 0.332 e. The smallest absolute Gasteiger partial charge is 0.198 e. The molecule has 1 rings (SSSR count). The van der Waals surface area contributed by atoms with E-state index in [4.69, 9.17) is 0 Å². The van der Waals surface area contributed by atoms with Gasteiger partial charge < -0.3 is 4.57 Å². The summed E-state index contributed by atoms with van der Waals surface area (Å²) in [5.74, 6) is 1.79. The van der Waals surface area contributed by atoms with Gasteiger partial charge >= 0.3 is 0 Å². The molecule has 0 aliphatic carbocycles. The van der Waals surface area contributed by atoms with Crippen molar-refractivity contribution in [3.63, 3.8) is 0 Å². The Hall–Kier alpha value is -1.12. The molecule has 0 spiro atoms. The number of aromatic nitrogens is 2. The van der Waals surface area contributed by atoms with Crippen LogP contribution in [0, 0.1) is 11.8 Å². The Labute approximate surface area is 97.9 Å². The van der Waals surface area contributed by atoms with E-state index in [9.17, 15) is 4.79 Å². The van der Waals surface area contributed by atoms with E-state index in [-0.39, 0.29) is 5.78 Å². The van der Waals surface area contributed by atoms with Gasteiger partial charge in [0.25, 0.3) is 0 Å². The summed E-state index contributed by atoms with van der Waals surface area (Å²) in [5, 5.41) is 0. The molecule has 0 radical (unpaired) electrons. The maximum atomic E-state index is 12.0. The van der Waals surface area contributed by atoms with Crippen LogP contribution in [0.2, 0.25) is 0 Å². The molecule has 0 bridgehead atoms. The lowest BCUT2D eigenvalue weighted by molar-refractivity contribution is 0.0931. The van der Waals surface area contributed by atoms with Crippen LogP contribution in [0.4, 0.5) is 0 Å². The van der Waals surface area contributed by atoms with E-state index < -0.39 is 0 Å². The minimum atomic E-state index is 0.166. The lowest BCUT2D eigenvalue weighted by Crippen LogP contribution is -2.16. The molecule has 1 unspecified atom stereocenters. The molecule has 0 saturated heterocycles. The van der Waals surface area contributed by atoms with Gasteiger partial charge in [0.05, 0.1) is 0 Å². The van der Waals surface area contributed by atoms with Crippen molar-refractivity contribution in [2.24, 2.45) is 18.9 Å². The molecule has 1 aromatic heterocycles. The number of carbonyl (C=O) groups excluding carboxylic acids is 1. The Morgan fingerprint density at radius 2 is 2.19 bits per heavy atom. The molecule has 0 aliphatic rings. The van der Waals surface area contributed by atoms with Gasteiger partial charge in [-0.15, -0.1) is 0 Å². The number of ketones is 1. The highest BCUT2D eigenvalue weighted by molar-refractivity contribution is 5.92. The second-order valence-electron chi connectivity index (χ2n) is 4.78. The normalized spacial score (nSPS) is 13.1. The summed E-state index contributed by atoms with van der Waals surface area (Å²) in [6.45, 7) is 6.54. The average Bonchev–Trinajstić information content (AvgIpc) is 2.63. The maximum absolute atomic E-state index is 12.0. The molecule has 90 valence electrons. The Morgan fingerprint density at radius 3 is 2.62 bits per heavy atom. The van der Waals surface area contributed by atoms with Gasteiger partial charge in [-0.05, 0) is 11.8 Å². The molecule has 3 heteroatoms. The highest BCUT2D eigenvalue weighted by atomic mass is 16.1. The topological polar surface area (TPSA) is 34.9 Å². The van der Waals surface area contributed by atoms with E-state index >= 15 is 0 Å². The number of Topliss-reactive ketones (excluding diaryl/α,β-unsaturated/α-hetero) is 1. The van der Waals surface area contributed by atoms with Crippen LogP contribution in [0.3, 0.4) is 0 Å². The fourth-order valence-electron chi connectivity index (χ4n) is 2.01. The SMILES string of the molecule is CCCC(CC(=O)c1nccn1C)C(C)C. The van der Waals surface area contributed by atoms with Crippen molar-refractivity contribution in [3.05, 3.63) is 18.2 Å². The number of hydrogen-bond acceptors (Lipinski definition) is 2. The molecule has 1 heterocycles. The van der Waals surface area contributed by atoms with Crippen molar-refractivity contribution in [1.82, 2.24) is 9.55 Å². The van der Waals surface area contributed by atoms with Crippen LogP contribution in [-0.4, -0.2) is 15.3 Å². The third-order valence-corrected chi connectivity index (χ3v) is 3.12. The van der Waals surface area contributed by atoms with Crippen molar-refractivity contribution in [2.75, 3.05) is 0 Å². The van der Waals surface area contributed by atoms with Crippen LogP contribution in [0.25, 0.3) is 0 Å². The first kappa shape index (κ1) is 12.9. The highest BCUT2D eigenvalue weighted by Gasteiger charge is 2.19. The summed E-state index contributed by atoms with van der Waals surface area (Å²) in [7, 11) is 1.87. The zero-order valence-electron chi connectivity index (χ0n) is 10.7. The van der Waals surface area contributed by atoms with Crippen molar-refractivity contribution < 1.29 is 4.79 Å². The predicted octanol–water partition coefficient (Wildman–Crippen LogP) is 3.07. The summed E-state index contributed by atoms with van der Waals surface area (Å²) >= 11 is 0. The molecule has 1 atom stereocenters. The molecule has 3 nitrogen and oxygen atoms in total. The lowest BCUT2D eigenvalue weighted by Gasteiger charge is -2.19. The number of hydrogen-bond donors (Lipinski definition) is 0. The first-order valence-corrected chi connectivity index (χ1v) is 6.06. The van der Waals surface area contributed by atoms with E-state index in [0.29, 0.717) is 24.1 Å². The molecule has 0 aliphatic heterocycles. The van der Waals surface area contributed by atoms with Crippen LogP contribution in [0.1, 0.15) is 50.7 Å². The van der Waals surface area contributed by atoms with Gasteiger partial charge in [-0.3, -0.25) is 4.79 Å². The molecule has 0 aromatic carbocycles. The summed E-state index contributed by atoms with van der Waals surface area (Å²) < 4.78 is 1.80. The average molecular weight is 222 g/mol. The summed E-state index contributed by atoms with van der Waals surface area (Å²) in [5.41, 5.74) is 0. The minimum absolute atomic E-state index is 0.166. The number of carbonyl (C=O) groups is 1. The Morgan fingerprint density at radius 1 is 1.50 bits per heavy atom. The first-order chi connectivity index (χ1) is 7.56. The van der Waals surface area contributed by atoms with Gasteiger partial charge in [-0.2, -0.15) is 0 Å². The van der Waals surface area contributed by atoms with E-state index in [1.807, 2.05) is 13.2 Å². The second kappa shape index (κ2) is 5.83. The molecule has 0 fully saturated rings. The van der Waals surface area contributed by atoms with Crippen molar-refractivity contribution >= 4 is 5.78 Å². The van der Waals surface area contributed by atoms with Gasteiger partial charge in [0.1, 0.15) is 0 Å². The monoisotopic (exact) mass is 222 g/mol. The van der Waals surface area contributed by atoms with Crippen LogP contribution in [0.15, 0.2) is 12.4 Å². The fourth-order valence-corrected chi connectivity index (χ4v) is 2.01. The summed E-state index contributed by atoms with van der Waals surface area (Å²) in [6.07, 6.45) is 6.37. The van der Waals surface area contributed by atoms with Crippen LogP contribution in [-0.2, 0) is 7.05 Å². The molecule has 0 saturated carbocycles. The highest BCUT2D eigenvalue weighted by Crippen LogP contribution is 2.22. The lowest BCUT2D eigenvalue weighted by atomic mass is 9.87. The Balaban J connectivity index is 2.65. The quantitative estimate of drug-likeness (QED) is 0.693.